The Hall–Kier alpha value is -0.830. The number of rotatable bonds is 5. The SMILES string of the molecule is CC(C)=CCCC(C)=CCNC(O)=S. The molecule has 80 valence electrons. The van der Waals surface area contributed by atoms with Crippen molar-refractivity contribution in [2.75, 3.05) is 6.54 Å². The Kier molecular flexibility index (Phi) is 7.11. The van der Waals surface area contributed by atoms with Crippen LogP contribution in [0.25, 0.3) is 0 Å². The highest BCUT2D eigenvalue weighted by molar-refractivity contribution is 7.79. The Morgan fingerprint density at radius 1 is 1.29 bits per heavy atom. The number of allylic oxidation sites excluding steroid dienone is 3. The summed E-state index contributed by atoms with van der Waals surface area (Å²) < 4.78 is 0. The predicted octanol–water partition coefficient (Wildman–Crippen LogP) is 3.11. The van der Waals surface area contributed by atoms with Crippen LogP contribution < -0.4 is 5.32 Å². The third-order valence-electron chi connectivity index (χ3n) is 1.80. The Morgan fingerprint density at radius 2 is 1.93 bits per heavy atom. The van der Waals surface area contributed by atoms with Crippen LogP contribution >= 0.6 is 12.2 Å². The van der Waals surface area contributed by atoms with E-state index in [0.29, 0.717) is 6.54 Å². The highest BCUT2D eigenvalue weighted by Gasteiger charge is 1.89. The van der Waals surface area contributed by atoms with Gasteiger partial charge in [0.2, 0.25) is 0 Å². The molecule has 0 unspecified atom stereocenters. The van der Waals surface area contributed by atoms with Gasteiger partial charge in [0.1, 0.15) is 0 Å². The predicted molar refractivity (Wildman–Crippen MR) is 65.7 cm³/mol. The van der Waals surface area contributed by atoms with E-state index in [1.807, 2.05) is 6.08 Å². The third-order valence-corrected chi connectivity index (χ3v) is 1.94. The van der Waals surface area contributed by atoms with Gasteiger partial charge in [0.25, 0.3) is 5.17 Å². The fourth-order valence-electron chi connectivity index (χ4n) is 1.00. The topological polar surface area (TPSA) is 32.3 Å². The van der Waals surface area contributed by atoms with Gasteiger partial charge in [0.05, 0.1) is 0 Å². The van der Waals surface area contributed by atoms with Gasteiger partial charge in [-0.3, -0.25) is 0 Å². The molecule has 0 aromatic carbocycles. The van der Waals surface area contributed by atoms with Crippen molar-refractivity contribution < 1.29 is 5.11 Å². The minimum absolute atomic E-state index is 0.140. The van der Waals surface area contributed by atoms with Crippen LogP contribution in [0.5, 0.6) is 0 Å². The van der Waals surface area contributed by atoms with E-state index in [4.69, 9.17) is 5.11 Å². The summed E-state index contributed by atoms with van der Waals surface area (Å²) >= 11 is 4.47. The first-order chi connectivity index (χ1) is 6.52. The first-order valence-electron chi connectivity index (χ1n) is 4.78. The highest BCUT2D eigenvalue weighted by Crippen LogP contribution is 2.05. The zero-order chi connectivity index (χ0) is 11.0. The molecule has 0 spiro atoms. The average Bonchev–Trinajstić information content (AvgIpc) is 2.02. The van der Waals surface area contributed by atoms with E-state index in [-0.39, 0.29) is 5.17 Å². The van der Waals surface area contributed by atoms with Crippen LogP contribution in [0.2, 0.25) is 0 Å². The lowest BCUT2D eigenvalue weighted by molar-refractivity contribution is 0.537. The van der Waals surface area contributed by atoms with Crippen molar-refractivity contribution in [3.63, 3.8) is 0 Å². The molecule has 0 fully saturated rings. The molecule has 2 nitrogen and oxygen atoms in total. The van der Waals surface area contributed by atoms with Crippen LogP contribution in [0.15, 0.2) is 23.3 Å². The zero-order valence-corrected chi connectivity index (χ0v) is 9.95. The zero-order valence-electron chi connectivity index (χ0n) is 9.13. The third kappa shape index (κ3) is 9.26. The summed E-state index contributed by atoms with van der Waals surface area (Å²) in [4.78, 5) is 0. The summed E-state index contributed by atoms with van der Waals surface area (Å²) in [6.07, 6.45) is 6.40. The summed E-state index contributed by atoms with van der Waals surface area (Å²) in [6.45, 7) is 6.90. The van der Waals surface area contributed by atoms with Gasteiger partial charge in [-0.1, -0.05) is 23.3 Å². The van der Waals surface area contributed by atoms with Gasteiger partial charge < -0.3 is 10.4 Å². The Balaban J connectivity index is 3.67. The summed E-state index contributed by atoms with van der Waals surface area (Å²) in [6, 6.07) is 0. The molecule has 0 saturated heterocycles. The maximum atomic E-state index is 8.70. The molecule has 0 heterocycles. The van der Waals surface area contributed by atoms with Crippen molar-refractivity contribution in [3.8, 4) is 0 Å². The molecule has 14 heavy (non-hydrogen) atoms. The summed E-state index contributed by atoms with van der Waals surface area (Å²) in [5, 5.41) is 11.2. The molecule has 3 heteroatoms. The Labute approximate surface area is 91.7 Å². The fourth-order valence-corrected chi connectivity index (χ4v) is 1.09. The van der Waals surface area contributed by atoms with Crippen LogP contribution in [0.3, 0.4) is 0 Å². The van der Waals surface area contributed by atoms with Gasteiger partial charge in [-0.2, -0.15) is 0 Å². The number of hydrogen-bond acceptors (Lipinski definition) is 1. The van der Waals surface area contributed by atoms with Gasteiger partial charge in [-0.05, 0) is 45.8 Å². The molecule has 0 aliphatic heterocycles. The Bertz CT molecular complexity index is 240. The molecule has 0 radical (unpaired) electrons. The molecule has 0 aromatic heterocycles. The monoisotopic (exact) mass is 213 g/mol. The number of aliphatic hydroxyl groups excluding tert-OH is 1. The van der Waals surface area contributed by atoms with Crippen LogP contribution in [-0.2, 0) is 0 Å². The van der Waals surface area contributed by atoms with Crippen molar-refractivity contribution in [2.45, 2.75) is 33.6 Å². The van der Waals surface area contributed by atoms with E-state index in [1.165, 1.54) is 11.1 Å². The van der Waals surface area contributed by atoms with Crippen molar-refractivity contribution in [1.29, 1.82) is 0 Å². The van der Waals surface area contributed by atoms with Gasteiger partial charge >= 0.3 is 0 Å². The van der Waals surface area contributed by atoms with Crippen LogP contribution in [-0.4, -0.2) is 16.8 Å². The van der Waals surface area contributed by atoms with E-state index < -0.39 is 0 Å². The lowest BCUT2D eigenvalue weighted by Gasteiger charge is -2.00. The number of aliphatic hydroxyl groups is 1. The smallest absolute Gasteiger partial charge is 0.254 e. The minimum Gasteiger partial charge on any atom is -0.487 e. The van der Waals surface area contributed by atoms with Crippen molar-refractivity contribution in [2.24, 2.45) is 0 Å². The van der Waals surface area contributed by atoms with E-state index in [1.54, 1.807) is 0 Å². The first kappa shape index (κ1) is 13.2. The lowest BCUT2D eigenvalue weighted by Crippen LogP contribution is -2.20. The Morgan fingerprint density at radius 3 is 2.43 bits per heavy atom. The van der Waals surface area contributed by atoms with Crippen LogP contribution in [0, 0.1) is 0 Å². The maximum absolute atomic E-state index is 8.70. The number of hydrogen-bond donors (Lipinski definition) is 2. The quantitative estimate of drug-likeness (QED) is 0.543. The van der Waals surface area contributed by atoms with Crippen LogP contribution in [0.4, 0.5) is 0 Å². The number of nitrogens with one attached hydrogen (secondary N) is 1. The molecule has 0 aliphatic rings. The van der Waals surface area contributed by atoms with Crippen molar-refractivity contribution in [3.05, 3.63) is 23.3 Å². The van der Waals surface area contributed by atoms with E-state index in [9.17, 15) is 0 Å². The van der Waals surface area contributed by atoms with E-state index in [0.717, 1.165) is 12.8 Å². The van der Waals surface area contributed by atoms with E-state index in [2.05, 4.69) is 44.4 Å². The largest absolute Gasteiger partial charge is 0.487 e. The summed E-state index contributed by atoms with van der Waals surface area (Å²) in [5.41, 5.74) is 2.67. The molecule has 0 rings (SSSR count). The van der Waals surface area contributed by atoms with Gasteiger partial charge in [0.15, 0.2) is 0 Å². The van der Waals surface area contributed by atoms with Gasteiger partial charge in [0, 0.05) is 6.54 Å². The first-order valence-corrected chi connectivity index (χ1v) is 5.19. The average molecular weight is 213 g/mol. The lowest BCUT2D eigenvalue weighted by atomic mass is 10.1. The molecule has 0 atom stereocenters. The van der Waals surface area contributed by atoms with Gasteiger partial charge in [-0.15, -0.1) is 0 Å². The standard InChI is InChI=1S/C11H19NOS/c1-9(2)5-4-6-10(3)7-8-12-11(13)14/h5,7H,4,6,8H2,1-3H3,(H2,12,13,14). The second kappa shape index (κ2) is 7.56. The normalized spacial score (nSPS) is 10.9. The molecule has 0 bridgehead atoms. The molecular weight excluding hydrogens is 194 g/mol. The summed E-state index contributed by atoms with van der Waals surface area (Å²) in [5.74, 6) is 0. The molecule has 0 saturated carbocycles. The fraction of sp³-hybridized carbons (Fsp3) is 0.545. The second-order valence-corrected chi connectivity index (χ2v) is 3.94. The molecule has 2 N–H and O–H groups in total. The maximum Gasteiger partial charge on any atom is 0.254 e. The molecule has 0 aliphatic carbocycles. The molecule has 0 aromatic rings. The van der Waals surface area contributed by atoms with Gasteiger partial charge in [-0.25, -0.2) is 0 Å². The van der Waals surface area contributed by atoms with Crippen molar-refractivity contribution in [1.82, 2.24) is 5.32 Å². The van der Waals surface area contributed by atoms with E-state index >= 15 is 0 Å². The summed E-state index contributed by atoms with van der Waals surface area (Å²) in [7, 11) is 0. The van der Waals surface area contributed by atoms with Crippen molar-refractivity contribution >= 4 is 17.4 Å². The van der Waals surface area contributed by atoms with Crippen LogP contribution in [0.1, 0.15) is 33.6 Å². The second-order valence-electron chi connectivity index (χ2n) is 3.56. The molecular formula is C11H19NOS. The minimum atomic E-state index is -0.140. The highest BCUT2D eigenvalue weighted by atomic mass is 32.1. The molecule has 0 amide bonds. The number of thiocarbonyl (C=S) groups is 1.